The topological polar surface area (TPSA) is 75.7 Å². The third-order valence-electron chi connectivity index (χ3n) is 4.69. The van der Waals surface area contributed by atoms with Crippen LogP contribution in [0.15, 0.2) is 30.3 Å². The summed E-state index contributed by atoms with van der Waals surface area (Å²) >= 11 is 0. The van der Waals surface area contributed by atoms with Crippen molar-refractivity contribution in [3.63, 3.8) is 0 Å². The fourth-order valence-electron chi connectivity index (χ4n) is 3.23. The molecule has 1 aromatic carbocycles. The Kier molecular flexibility index (Phi) is 6.56. The average Bonchev–Trinajstić information content (AvgIpc) is 2.84. The van der Waals surface area contributed by atoms with Gasteiger partial charge in [-0.1, -0.05) is 43.7 Å². The molecule has 1 atom stereocenters. The van der Waals surface area contributed by atoms with Gasteiger partial charge in [0.1, 0.15) is 0 Å². The van der Waals surface area contributed by atoms with Crippen LogP contribution in [0.1, 0.15) is 44.6 Å². The zero-order valence-corrected chi connectivity index (χ0v) is 14.9. The number of esters is 1. The molecule has 0 aliphatic carbocycles. The number of likely N-dealkylation sites (tertiary alicyclic amines) is 1. The molecule has 0 bridgehead atoms. The molecule has 1 fully saturated rings. The van der Waals surface area contributed by atoms with Gasteiger partial charge in [0.15, 0.2) is 5.54 Å². The van der Waals surface area contributed by atoms with Gasteiger partial charge < -0.3 is 15.0 Å². The summed E-state index contributed by atoms with van der Waals surface area (Å²) in [7, 11) is 1.31. The first-order valence-corrected chi connectivity index (χ1v) is 8.76. The van der Waals surface area contributed by atoms with E-state index in [9.17, 15) is 14.4 Å². The Morgan fingerprint density at radius 1 is 1.20 bits per heavy atom. The van der Waals surface area contributed by atoms with Gasteiger partial charge in [0.2, 0.25) is 11.8 Å². The normalized spacial score (nSPS) is 17.4. The molecule has 1 saturated heterocycles. The minimum absolute atomic E-state index is 0.00692. The highest BCUT2D eigenvalue weighted by Crippen LogP contribution is 2.26. The second-order valence-corrected chi connectivity index (χ2v) is 6.29. The number of carbonyl (C=O) groups is 3. The Morgan fingerprint density at radius 3 is 2.56 bits per heavy atom. The number of ether oxygens (including phenoxy) is 1. The van der Waals surface area contributed by atoms with Crippen LogP contribution in [0.5, 0.6) is 0 Å². The molecule has 1 aliphatic rings. The van der Waals surface area contributed by atoms with Crippen LogP contribution in [-0.2, 0) is 24.7 Å². The SMILES string of the molecule is CC[C@](NC(=O)CN1CCCCCC1=O)(C(=O)OC)c1ccccc1. The Morgan fingerprint density at radius 2 is 1.92 bits per heavy atom. The number of nitrogens with zero attached hydrogens (tertiary/aromatic N) is 1. The second kappa shape index (κ2) is 8.65. The molecular formula is C19H26N2O4. The van der Waals surface area contributed by atoms with Crippen molar-refractivity contribution in [1.82, 2.24) is 10.2 Å². The van der Waals surface area contributed by atoms with Gasteiger partial charge in [0.25, 0.3) is 0 Å². The highest BCUT2D eigenvalue weighted by atomic mass is 16.5. The number of amides is 2. The molecule has 136 valence electrons. The van der Waals surface area contributed by atoms with Crippen molar-refractivity contribution in [1.29, 1.82) is 0 Å². The minimum atomic E-state index is -1.25. The van der Waals surface area contributed by atoms with Gasteiger partial charge in [-0.25, -0.2) is 4.79 Å². The summed E-state index contributed by atoms with van der Waals surface area (Å²) in [6, 6.07) is 9.05. The molecule has 0 unspecified atom stereocenters. The molecule has 1 aliphatic heterocycles. The van der Waals surface area contributed by atoms with Crippen LogP contribution in [0.4, 0.5) is 0 Å². The fourth-order valence-corrected chi connectivity index (χ4v) is 3.23. The number of nitrogens with one attached hydrogen (secondary N) is 1. The lowest BCUT2D eigenvalue weighted by Crippen LogP contribution is -2.54. The molecule has 1 aromatic rings. The van der Waals surface area contributed by atoms with Crippen molar-refractivity contribution in [3.8, 4) is 0 Å². The lowest BCUT2D eigenvalue weighted by molar-refractivity contribution is -0.152. The van der Waals surface area contributed by atoms with Crippen molar-refractivity contribution in [3.05, 3.63) is 35.9 Å². The summed E-state index contributed by atoms with van der Waals surface area (Å²) in [5.41, 5.74) is -0.581. The Bertz CT molecular complexity index is 617. The van der Waals surface area contributed by atoms with Gasteiger partial charge in [0, 0.05) is 13.0 Å². The van der Waals surface area contributed by atoms with E-state index in [1.165, 1.54) is 7.11 Å². The Balaban J connectivity index is 2.20. The highest BCUT2D eigenvalue weighted by Gasteiger charge is 2.41. The van der Waals surface area contributed by atoms with E-state index in [-0.39, 0.29) is 18.4 Å². The van der Waals surface area contributed by atoms with Crippen LogP contribution < -0.4 is 5.32 Å². The van der Waals surface area contributed by atoms with Gasteiger partial charge in [-0.15, -0.1) is 0 Å². The summed E-state index contributed by atoms with van der Waals surface area (Å²) in [6.07, 6.45) is 3.58. The van der Waals surface area contributed by atoms with Gasteiger partial charge in [0.05, 0.1) is 13.7 Å². The van der Waals surface area contributed by atoms with Crippen LogP contribution in [0.3, 0.4) is 0 Å². The second-order valence-electron chi connectivity index (χ2n) is 6.29. The summed E-state index contributed by atoms with van der Waals surface area (Å²) in [6.45, 7) is 2.36. The van der Waals surface area contributed by atoms with Gasteiger partial charge >= 0.3 is 5.97 Å². The van der Waals surface area contributed by atoms with Gasteiger partial charge in [-0.2, -0.15) is 0 Å². The zero-order valence-electron chi connectivity index (χ0n) is 14.9. The van der Waals surface area contributed by atoms with E-state index < -0.39 is 11.5 Å². The van der Waals surface area contributed by atoms with Gasteiger partial charge in [-0.3, -0.25) is 9.59 Å². The van der Waals surface area contributed by atoms with Crippen molar-refractivity contribution in [2.75, 3.05) is 20.2 Å². The van der Waals surface area contributed by atoms with E-state index in [0.29, 0.717) is 24.9 Å². The highest BCUT2D eigenvalue weighted by molar-refractivity contribution is 5.91. The third kappa shape index (κ3) is 4.38. The molecular weight excluding hydrogens is 320 g/mol. The number of methoxy groups -OCH3 is 1. The van der Waals surface area contributed by atoms with E-state index in [4.69, 9.17) is 4.74 Å². The number of hydrogen-bond donors (Lipinski definition) is 1. The monoisotopic (exact) mass is 346 g/mol. The van der Waals surface area contributed by atoms with E-state index in [1.54, 1.807) is 17.0 Å². The van der Waals surface area contributed by atoms with Crippen LogP contribution in [0, 0.1) is 0 Å². The molecule has 2 rings (SSSR count). The molecule has 1 N–H and O–H groups in total. The predicted octanol–water partition coefficient (Wildman–Crippen LogP) is 1.98. The van der Waals surface area contributed by atoms with Crippen molar-refractivity contribution in [2.45, 2.75) is 44.6 Å². The molecule has 0 saturated carbocycles. The maximum Gasteiger partial charge on any atom is 0.336 e. The summed E-state index contributed by atoms with van der Waals surface area (Å²) in [5.74, 6) is -0.879. The molecule has 6 heteroatoms. The summed E-state index contributed by atoms with van der Waals surface area (Å²) < 4.78 is 4.96. The zero-order chi connectivity index (χ0) is 18.3. The number of hydrogen-bond acceptors (Lipinski definition) is 4. The maximum atomic E-state index is 12.6. The molecule has 0 aromatic heterocycles. The van der Waals surface area contributed by atoms with Gasteiger partial charge in [-0.05, 0) is 24.8 Å². The molecule has 1 heterocycles. The molecule has 25 heavy (non-hydrogen) atoms. The standard InChI is InChI=1S/C19H26N2O4/c1-3-19(18(24)25-2,15-10-6-4-7-11-15)20-16(22)14-21-13-9-5-8-12-17(21)23/h4,6-7,10-11H,3,5,8-9,12-14H2,1-2H3,(H,20,22)/t19-/m1/s1. The Hall–Kier alpha value is -2.37. The maximum absolute atomic E-state index is 12.6. The van der Waals surface area contributed by atoms with Crippen LogP contribution in [0.2, 0.25) is 0 Å². The molecule has 2 amide bonds. The average molecular weight is 346 g/mol. The van der Waals surface area contributed by atoms with Crippen molar-refractivity contribution < 1.29 is 19.1 Å². The largest absolute Gasteiger partial charge is 0.467 e. The van der Waals surface area contributed by atoms with E-state index in [0.717, 1.165) is 19.3 Å². The van der Waals surface area contributed by atoms with E-state index in [1.807, 2.05) is 25.1 Å². The fraction of sp³-hybridized carbons (Fsp3) is 0.526. The molecule has 6 nitrogen and oxygen atoms in total. The minimum Gasteiger partial charge on any atom is -0.467 e. The van der Waals surface area contributed by atoms with E-state index in [2.05, 4.69) is 5.32 Å². The van der Waals surface area contributed by atoms with Crippen molar-refractivity contribution in [2.24, 2.45) is 0 Å². The first kappa shape index (κ1) is 19.0. The van der Waals surface area contributed by atoms with Crippen LogP contribution >= 0.6 is 0 Å². The number of benzene rings is 1. The first-order valence-electron chi connectivity index (χ1n) is 8.76. The summed E-state index contributed by atoms with van der Waals surface area (Å²) in [4.78, 5) is 38.8. The molecule has 0 radical (unpaired) electrons. The smallest absolute Gasteiger partial charge is 0.336 e. The Labute approximate surface area is 148 Å². The van der Waals surface area contributed by atoms with Crippen molar-refractivity contribution >= 4 is 17.8 Å². The lowest BCUT2D eigenvalue weighted by Gasteiger charge is -2.32. The summed E-state index contributed by atoms with van der Waals surface area (Å²) in [5, 5.41) is 2.83. The number of rotatable bonds is 6. The molecule has 0 spiro atoms. The third-order valence-corrected chi connectivity index (χ3v) is 4.69. The quantitative estimate of drug-likeness (QED) is 0.799. The first-order chi connectivity index (χ1) is 12.0. The number of carbonyl (C=O) groups excluding carboxylic acids is 3. The van der Waals surface area contributed by atoms with E-state index >= 15 is 0 Å². The van der Waals surface area contributed by atoms with Crippen LogP contribution in [0.25, 0.3) is 0 Å². The lowest BCUT2D eigenvalue weighted by atomic mass is 9.87. The van der Waals surface area contributed by atoms with Crippen LogP contribution in [-0.4, -0.2) is 42.9 Å². The predicted molar refractivity (Wildman–Crippen MR) is 93.6 cm³/mol.